The number of aliphatic carboxylic acids is 1. The number of nitrogens with zero attached hydrogens (tertiary/aromatic N) is 3. The molecule has 0 spiro atoms. The quantitative estimate of drug-likeness (QED) is 0.428. The van der Waals surface area contributed by atoms with E-state index in [-0.39, 0.29) is 37.8 Å². The lowest BCUT2D eigenvalue weighted by Gasteiger charge is -2.20. The largest absolute Gasteiger partial charge is 0.480 e. The van der Waals surface area contributed by atoms with Crippen molar-refractivity contribution in [3.05, 3.63) is 77.1 Å². The molecule has 3 N–H and O–H groups in total. The second kappa shape index (κ2) is 10.4. The molecule has 1 aliphatic carbocycles. The van der Waals surface area contributed by atoms with E-state index in [0.29, 0.717) is 5.69 Å². The van der Waals surface area contributed by atoms with E-state index >= 15 is 0 Å². The van der Waals surface area contributed by atoms with E-state index < -0.39 is 24.5 Å². The van der Waals surface area contributed by atoms with Crippen LogP contribution in [0.4, 0.5) is 4.79 Å². The maximum Gasteiger partial charge on any atom is 0.407 e. The second-order valence-corrected chi connectivity index (χ2v) is 8.15. The van der Waals surface area contributed by atoms with Crippen molar-refractivity contribution in [2.24, 2.45) is 7.05 Å². The zero-order chi connectivity index (χ0) is 24.9. The lowest BCUT2D eigenvalue weighted by atomic mass is 9.98. The van der Waals surface area contributed by atoms with Crippen molar-refractivity contribution in [3.8, 4) is 11.1 Å². The second-order valence-electron chi connectivity index (χ2n) is 8.15. The Balaban J connectivity index is 1.41. The Bertz CT molecular complexity index is 1210. The van der Waals surface area contributed by atoms with Crippen molar-refractivity contribution in [2.45, 2.75) is 12.5 Å². The predicted octanol–water partition coefficient (Wildman–Crippen LogP) is 1.98. The van der Waals surface area contributed by atoms with Crippen LogP contribution in [0.2, 0.25) is 0 Å². The van der Waals surface area contributed by atoms with Crippen molar-refractivity contribution < 1.29 is 29.3 Å². The predicted molar refractivity (Wildman–Crippen MR) is 126 cm³/mol. The van der Waals surface area contributed by atoms with Crippen molar-refractivity contribution in [1.82, 2.24) is 20.0 Å². The van der Waals surface area contributed by atoms with Crippen LogP contribution in [0.15, 0.2) is 54.7 Å². The number of rotatable bonds is 9. The van der Waals surface area contributed by atoms with Gasteiger partial charge < -0.3 is 25.2 Å². The number of aryl methyl sites for hydroxylation is 1. The maximum atomic E-state index is 12.8. The Morgan fingerprint density at radius 2 is 1.71 bits per heavy atom. The van der Waals surface area contributed by atoms with Crippen LogP contribution in [0.1, 0.15) is 33.1 Å². The molecule has 0 aliphatic heterocycles. The van der Waals surface area contributed by atoms with Gasteiger partial charge in [0.2, 0.25) is 0 Å². The number of hydrogen-bond donors (Lipinski definition) is 3. The molecular weight excluding hydrogens is 452 g/mol. The molecule has 2 amide bonds. The zero-order valence-corrected chi connectivity index (χ0v) is 19.2. The minimum atomic E-state index is -1.20. The summed E-state index contributed by atoms with van der Waals surface area (Å²) in [6.07, 6.45) is 0.660. The molecule has 2 aromatic carbocycles. The number of ether oxygens (including phenoxy) is 1. The van der Waals surface area contributed by atoms with E-state index in [9.17, 15) is 19.5 Å². The van der Waals surface area contributed by atoms with Gasteiger partial charge in [-0.25, -0.2) is 4.79 Å². The monoisotopic (exact) mass is 478 g/mol. The van der Waals surface area contributed by atoms with Crippen LogP contribution in [-0.2, 0) is 23.1 Å². The average molecular weight is 479 g/mol. The fourth-order valence-electron chi connectivity index (χ4n) is 4.36. The summed E-state index contributed by atoms with van der Waals surface area (Å²) in [6.45, 7) is -0.979. The molecule has 0 unspecified atom stereocenters. The zero-order valence-electron chi connectivity index (χ0n) is 19.2. The van der Waals surface area contributed by atoms with Gasteiger partial charge in [0, 0.05) is 19.5 Å². The first kappa shape index (κ1) is 24.0. The van der Waals surface area contributed by atoms with Gasteiger partial charge >= 0.3 is 12.1 Å². The van der Waals surface area contributed by atoms with Crippen LogP contribution in [0.3, 0.4) is 0 Å². The van der Waals surface area contributed by atoms with Crippen molar-refractivity contribution in [1.29, 1.82) is 0 Å². The Morgan fingerprint density at radius 3 is 2.31 bits per heavy atom. The number of nitrogens with one attached hydrogen (secondary N) is 1. The summed E-state index contributed by atoms with van der Waals surface area (Å²) in [7, 11) is 1.61. The highest BCUT2D eigenvalue weighted by molar-refractivity contribution is 5.96. The van der Waals surface area contributed by atoms with Gasteiger partial charge in [0.15, 0.2) is 0 Å². The number of hydrogen-bond acceptors (Lipinski definition) is 6. The number of aromatic nitrogens is 2. The van der Waals surface area contributed by atoms with E-state index in [1.165, 1.54) is 10.9 Å². The fourth-order valence-corrected chi connectivity index (χ4v) is 4.36. The summed E-state index contributed by atoms with van der Waals surface area (Å²) >= 11 is 0. The van der Waals surface area contributed by atoms with Gasteiger partial charge in [-0.3, -0.25) is 14.3 Å². The van der Waals surface area contributed by atoms with Crippen LogP contribution in [0, 0.1) is 0 Å². The normalized spacial score (nSPS) is 12.1. The molecule has 4 rings (SSSR count). The number of benzene rings is 2. The lowest BCUT2D eigenvalue weighted by Crippen LogP contribution is -2.38. The molecule has 0 fully saturated rings. The summed E-state index contributed by atoms with van der Waals surface area (Å²) in [4.78, 5) is 37.5. The Kier molecular flexibility index (Phi) is 7.11. The minimum Gasteiger partial charge on any atom is -0.480 e. The van der Waals surface area contributed by atoms with Gasteiger partial charge in [0.05, 0.1) is 30.6 Å². The minimum absolute atomic E-state index is 0.0473. The maximum absolute atomic E-state index is 12.8. The number of carboxylic acids is 1. The van der Waals surface area contributed by atoms with Gasteiger partial charge in [-0.05, 0) is 22.3 Å². The van der Waals surface area contributed by atoms with Crippen LogP contribution in [0.25, 0.3) is 11.1 Å². The van der Waals surface area contributed by atoms with Crippen LogP contribution < -0.4 is 5.32 Å². The highest BCUT2D eigenvalue weighted by Gasteiger charge is 2.29. The number of fused-ring (bicyclic) bond motifs is 3. The Labute approximate surface area is 201 Å². The molecule has 0 saturated carbocycles. The smallest absolute Gasteiger partial charge is 0.407 e. The number of carbonyl (C=O) groups is 3. The third-order valence-electron chi connectivity index (χ3n) is 6.02. The molecule has 1 aliphatic rings. The molecule has 0 bridgehead atoms. The molecule has 0 radical (unpaired) electrons. The Morgan fingerprint density at radius 1 is 1.09 bits per heavy atom. The summed E-state index contributed by atoms with van der Waals surface area (Å²) in [5, 5.41) is 25.0. The van der Waals surface area contributed by atoms with Crippen LogP contribution in [0.5, 0.6) is 0 Å². The van der Waals surface area contributed by atoms with Crippen molar-refractivity contribution >= 4 is 18.0 Å². The first-order chi connectivity index (χ1) is 16.9. The van der Waals surface area contributed by atoms with Gasteiger partial charge in [-0.15, -0.1) is 0 Å². The summed E-state index contributed by atoms with van der Waals surface area (Å²) < 4.78 is 6.96. The number of carbonyl (C=O) groups excluding carboxylic acids is 2. The standard InChI is InChI=1S/C25H26N4O6/c1-28-22(20(12-27-28)24(33)29(10-11-30)14-23(31)32)13-26-25(34)35-15-21-18-8-4-2-6-16(18)17-7-3-5-9-19(17)21/h2-9,12,21,30H,10-11,13-15H2,1H3,(H,26,34)(H,31,32). The van der Waals surface area contributed by atoms with Gasteiger partial charge in [-0.1, -0.05) is 48.5 Å². The molecule has 182 valence electrons. The SMILES string of the molecule is Cn1ncc(C(=O)N(CCO)CC(=O)O)c1CNC(=O)OCC1c2ccccc2-c2ccccc21. The molecule has 10 heteroatoms. The molecule has 0 atom stereocenters. The first-order valence-corrected chi connectivity index (χ1v) is 11.1. The van der Waals surface area contributed by atoms with Crippen LogP contribution >= 0.6 is 0 Å². The van der Waals surface area contributed by atoms with E-state index in [0.717, 1.165) is 27.2 Å². The molecule has 10 nitrogen and oxygen atoms in total. The average Bonchev–Trinajstić information content (AvgIpc) is 3.38. The Hall–Kier alpha value is -4.18. The van der Waals surface area contributed by atoms with Gasteiger partial charge in [0.25, 0.3) is 5.91 Å². The molecule has 0 saturated heterocycles. The fraction of sp³-hybridized carbons (Fsp3) is 0.280. The van der Waals surface area contributed by atoms with E-state index in [1.807, 2.05) is 36.4 Å². The number of aliphatic hydroxyl groups excluding tert-OH is 1. The lowest BCUT2D eigenvalue weighted by molar-refractivity contribution is -0.137. The van der Waals surface area contributed by atoms with Crippen molar-refractivity contribution in [3.63, 3.8) is 0 Å². The topological polar surface area (TPSA) is 134 Å². The number of amides is 2. The molecule has 3 aromatic rings. The molecule has 1 heterocycles. The van der Waals surface area contributed by atoms with Crippen molar-refractivity contribution in [2.75, 3.05) is 26.3 Å². The van der Waals surface area contributed by atoms with E-state index in [4.69, 9.17) is 9.84 Å². The number of carboxylic acid groups (broad SMARTS) is 1. The van der Waals surface area contributed by atoms with Crippen LogP contribution in [-0.4, -0.2) is 69.2 Å². The summed E-state index contributed by atoms with van der Waals surface area (Å²) in [6, 6.07) is 16.1. The summed E-state index contributed by atoms with van der Waals surface area (Å²) in [5.41, 5.74) is 4.98. The summed E-state index contributed by atoms with van der Waals surface area (Å²) in [5.74, 6) is -1.88. The van der Waals surface area contributed by atoms with E-state index in [2.05, 4.69) is 22.5 Å². The number of aliphatic hydroxyl groups is 1. The third kappa shape index (κ3) is 5.02. The molecule has 1 aromatic heterocycles. The first-order valence-electron chi connectivity index (χ1n) is 11.1. The molecular formula is C25H26N4O6. The molecule has 35 heavy (non-hydrogen) atoms. The highest BCUT2D eigenvalue weighted by Crippen LogP contribution is 2.44. The van der Waals surface area contributed by atoms with E-state index in [1.54, 1.807) is 7.05 Å². The van der Waals surface area contributed by atoms with Gasteiger partial charge in [0.1, 0.15) is 13.2 Å². The third-order valence-corrected chi connectivity index (χ3v) is 6.02. The highest BCUT2D eigenvalue weighted by atomic mass is 16.5. The number of alkyl carbamates (subject to hydrolysis) is 1. The van der Waals surface area contributed by atoms with Gasteiger partial charge in [-0.2, -0.15) is 5.10 Å².